The lowest BCUT2D eigenvalue weighted by Crippen LogP contribution is -2.41. The van der Waals surface area contributed by atoms with Crippen molar-refractivity contribution in [3.8, 4) is 0 Å². The van der Waals surface area contributed by atoms with E-state index in [1.165, 1.54) is 0 Å². The molecule has 0 bridgehead atoms. The Hall–Kier alpha value is -1.18. The first kappa shape index (κ1) is 17.9. The number of rotatable bonds is 3. The smallest absolute Gasteiger partial charge is 0.253 e. The van der Waals surface area contributed by atoms with Crippen LogP contribution in [0.3, 0.4) is 0 Å². The van der Waals surface area contributed by atoms with Crippen molar-refractivity contribution < 1.29 is 17.6 Å². The van der Waals surface area contributed by atoms with E-state index in [1.807, 2.05) is 20.8 Å². The Kier molecular flexibility index (Phi) is 5.02. The SMILES string of the molecule is CC(NC(=O)c1cc(S(N)(=O)=O)c(F)cc1Cl)C(C)(C)C. The molecule has 118 valence electrons. The molecule has 0 heterocycles. The predicted molar refractivity (Wildman–Crippen MR) is 79.2 cm³/mol. The van der Waals surface area contributed by atoms with Gasteiger partial charge in [-0.15, -0.1) is 0 Å². The summed E-state index contributed by atoms with van der Waals surface area (Å²) in [7, 11) is -4.28. The lowest BCUT2D eigenvalue weighted by atomic mass is 9.88. The van der Waals surface area contributed by atoms with Crippen LogP contribution in [0.2, 0.25) is 5.02 Å². The Labute approximate surface area is 128 Å². The van der Waals surface area contributed by atoms with Crippen molar-refractivity contribution in [3.05, 3.63) is 28.5 Å². The minimum absolute atomic E-state index is 0.141. The number of carbonyl (C=O) groups is 1. The molecule has 1 atom stereocenters. The van der Waals surface area contributed by atoms with E-state index >= 15 is 0 Å². The molecule has 0 aliphatic heterocycles. The van der Waals surface area contributed by atoms with Crippen molar-refractivity contribution in [2.75, 3.05) is 0 Å². The van der Waals surface area contributed by atoms with Gasteiger partial charge in [0.1, 0.15) is 10.7 Å². The molecule has 1 aromatic rings. The standard InChI is InChI=1S/C13H18ClFN2O3S/c1-7(13(2,3)4)17-12(18)8-5-11(21(16,19)20)10(15)6-9(8)14/h5-7H,1-4H3,(H,17,18)(H2,16,19,20). The number of nitrogens with one attached hydrogen (secondary N) is 1. The molecular formula is C13H18ClFN2O3S. The second-order valence-electron chi connectivity index (χ2n) is 5.87. The third kappa shape index (κ3) is 4.39. The van der Waals surface area contributed by atoms with Gasteiger partial charge >= 0.3 is 0 Å². The second-order valence-corrected chi connectivity index (χ2v) is 7.81. The van der Waals surface area contributed by atoms with E-state index in [1.54, 1.807) is 6.92 Å². The van der Waals surface area contributed by atoms with Gasteiger partial charge in [0.05, 0.1) is 10.6 Å². The van der Waals surface area contributed by atoms with Crippen LogP contribution < -0.4 is 10.5 Å². The van der Waals surface area contributed by atoms with Crippen LogP contribution in [-0.4, -0.2) is 20.4 Å². The average molecular weight is 337 g/mol. The molecule has 0 spiro atoms. The first-order chi connectivity index (χ1) is 9.34. The zero-order chi connectivity index (χ0) is 16.6. The molecule has 21 heavy (non-hydrogen) atoms. The summed E-state index contributed by atoms with van der Waals surface area (Å²) in [6.45, 7) is 7.59. The molecule has 1 rings (SSSR count). The maximum absolute atomic E-state index is 13.6. The predicted octanol–water partition coefficient (Wildman–Crippen LogP) is 2.29. The quantitative estimate of drug-likeness (QED) is 0.887. The highest BCUT2D eigenvalue weighted by Crippen LogP contribution is 2.25. The molecule has 0 aliphatic rings. The Morgan fingerprint density at radius 1 is 1.38 bits per heavy atom. The largest absolute Gasteiger partial charge is 0.349 e. The maximum Gasteiger partial charge on any atom is 0.253 e. The summed E-state index contributed by atoms with van der Waals surface area (Å²) in [6.07, 6.45) is 0. The van der Waals surface area contributed by atoms with Crippen molar-refractivity contribution in [1.82, 2.24) is 5.32 Å². The first-order valence-corrected chi connectivity index (χ1v) is 8.09. The summed E-state index contributed by atoms with van der Waals surface area (Å²) in [6, 6.07) is 1.40. The molecule has 0 aliphatic carbocycles. The van der Waals surface area contributed by atoms with Crippen molar-refractivity contribution >= 4 is 27.5 Å². The topological polar surface area (TPSA) is 89.3 Å². The monoisotopic (exact) mass is 336 g/mol. The van der Waals surface area contributed by atoms with E-state index < -0.39 is 26.6 Å². The van der Waals surface area contributed by atoms with Gasteiger partial charge in [0.2, 0.25) is 10.0 Å². The van der Waals surface area contributed by atoms with E-state index in [0.717, 1.165) is 12.1 Å². The summed E-state index contributed by atoms with van der Waals surface area (Å²) in [4.78, 5) is 11.4. The molecule has 5 nitrogen and oxygen atoms in total. The molecular weight excluding hydrogens is 319 g/mol. The summed E-state index contributed by atoms with van der Waals surface area (Å²) < 4.78 is 36.1. The molecule has 8 heteroatoms. The minimum Gasteiger partial charge on any atom is -0.349 e. The van der Waals surface area contributed by atoms with Crippen LogP contribution in [0.5, 0.6) is 0 Å². The van der Waals surface area contributed by atoms with Gasteiger partial charge in [-0.3, -0.25) is 4.79 Å². The molecule has 0 fully saturated rings. The summed E-state index contributed by atoms with van der Waals surface area (Å²) >= 11 is 5.81. The van der Waals surface area contributed by atoms with Crippen LogP contribution in [0.15, 0.2) is 17.0 Å². The van der Waals surface area contributed by atoms with Gasteiger partial charge in [0, 0.05) is 6.04 Å². The van der Waals surface area contributed by atoms with Crippen LogP contribution in [-0.2, 0) is 10.0 Å². The fraction of sp³-hybridized carbons (Fsp3) is 0.462. The van der Waals surface area contributed by atoms with Crippen molar-refractivity contribution in [1.29, 1.82) is 0 Å². The highest BCUT2D eigenvalue weighted by atomic mass is 35.5. The molecule has 3 N–H and O–H groups in total. The van der Waals surface area contributed by atoms with E-state index in [-0.39, 0.29) is 22.0 Å². The lowest BCUT2D eigenvalue weighted by Gasteiger charge is -2.28. The normalized spacial score (nSPS) is 13.9. The second kappa shape index (κ2) is 5.90. The fourth-order valence-corrected chi connectivity index (χ4v) is 2.26. The average Bonchev–Trinajstić information content (AvgIpc) is 2.25. The molecule has 0 aromatic heterocycles. The van der Waals surface area contributed by atoms with E-state index in [0.29, 0.717) is 0 Å². The van der Waals surface area contributed by atoms with Gasteiger partial charge in [0.25, 0.3) is 5.91 Å². The molecule has 1 aromatic carbocycles. The number of hydrogen-bond acceptors (Lipinski definition) is 3. The molecule has 0 saturated heterocycles. The number of sulfonamides is 1. The molecule has 1 amide bonds. The summed E-state index contributed by atoms with van der Waals surface area (Å²) in [5.74, 6) is -1.68. The first-order valence-electron chi connectivity index (χ1n) is 6.16. The Morgan fingerprint density at radius 3 is 2.33 bits per heavy atom. The number of nitrogens with two attached hydrogens (primary N) is 1. The Balaban J connectivity index is 3.23. The van der Waals surface area contributed by atoms with Gasteiger partial charge in [-0.05, 0) is 24.5 Å². The molecule has 0 radical (unpaired) electrons. The summed E-state index contributed by atoms with van der Waals surface area (Å²) in [5, 5.41) is 7.42. The zero-order valence-corrected chi connectivity index (χ0v) is 13.8. The van der Waals surface area contributed by atoms with Gasteiger partial charge in [-0.2, -0.15) is 0 Å². The maximum atomic E-state index is 13.6. The van der Waals surface area contributed by atoms with Crippen LogP contribution in [0.25, 0.3) is 0 Å². The van der Waals surface area contributed by atoms with E-state index in [4.69, 9.17) is 16.7 Å². The Bertz CT molecular complexity index is 669. The van der Waals surface area contributed by atoms with Crippen LogP contribution in [0.1, 0.15) is 38.1 Å². The third-order valence-electron chi connectivity index (χ3n) is 3.22. The molecule has 0 saturated carbocycles. The van der Waals surface area contributed by atoms with Crippen LogP contribution in [0.4, 0.5) is 4.39 Å². The third-order valence-corrected chi connectivity index (χ3v) is 4.46. The highest BCUT2D eigenvalue weighted by molar-refractivity contribution is 7.89. The van der Waals surface area contributed by atoms with E-state index in [2.05, 4.69) is 5.32 Å². The summed E-state index contributed by atoms with van der Waals surface area (Å²) in [5.41, 5.74) is -0.344. The molecule has 1 unspecified atom stereocenters. The number of amides is 1. The highest BCUT2D eigenvalue weighted by Gasteiger charge is 2.25. The minimum atomic E-state index is -4.28. The van der Waals surface area contributed by atoms with Gasteiger partial charge in [0.15, 0.2) is 0 Å². The number of hydrogen-bond donors (Lipinski definition) is 2. The number of primary sulfonamides is 1. The van der Waals surface area contributed by atoms with Crippen LogP contribution in [0, 0.1) is 11.2 Å². The van der Waals surface area contributed by atoms with Gasteiger partial charge in [-0.25, -0.2) is 17.9 Å². The number of benzene rings is 1. The lowest BCUT2D eigenvalue weighted by molar-refractivity contribution is 0.0910. The van der Waals surface area contributed by atoms with Crippen LogP contribution >= 0.6 is 11.6 Å². The Morgan fingerprint density at radius 2 is 1.90 bits per heavy atom. The van der Waals surface area contributed by atoms with Crippen molar-refractivity contribution in [2.24, 2.45) is 10.6 Å². The zero-order valence-electron chi connectivity index (χ0n) is 12.2. The van der Waals surface area contributed by atoms with Gasteiger partial charge in [-0.1, -0.05) is 32.4 Å². The number of halogens is 2. The van der Waals surface area contributed by atoms with Gasteiger partial charge < -0.3 is 5.32 Å². The van der Waals surface area contributed by atoms with E-state index in [9.17, 15) is 17.6 Å². The number of carbonyl (C=O) groups excluding carboxylic acids is 1. The fourth-order valence-electron chi connectivity index (χ4n) is 1.41. The van der Waals surface area contributed by atoms with Crippen molar-refractivity contribution in [3.63, 3.8) is 0 Å². The van der Waals surface area contributed by atoms with Crippen molar-refractivity contribution in [2.45, 2.75) is 38.6 Å².